The molecule has 0 rings (SSSR count). The summed E-state index contributed by atoms with van der Waals surface area (Å²) in [5, 5.41) is 27.6. The summed E-state index contributed by atoms with van der Waals surface area (Å²) in [5.74, 6) is 0. The number of hydrogen-bond donors (Lipinski definition) is 3. The Labute approximate surface area is 145 Å². The van der Waals surface area contributed by atoms with Crippen molar-refractivity contribution in [2.75, 3.05) is 44.5 Å². The highest BCUT2D eigenvalue weighted by Gasteiger charge is 2.34. The van der Waals surface area contributed by atoms with E-state index >= 15 is 0 Å². The Morgan fingerprint density at radius 1 is 0.478 bits per heavy atom. The molecule has 140 valence electrons. The molecule has 0 fully saturated rings. The van der Waals surface area contributed by atoms with Gasteiger partial charge in [-0.1, -0.05) is 45.4 Å². The smallest absolute Gasteiger partial charge is 0.0616 e. The van der Waals surface area contributed by atoms with E-state index in [9.17, 15) is 15.3 Å². The average molecular weight is 350 g/mol. The van der Waals surface area contributed by atoms with Crippen molar-refractivity contribution in [3.05, 3.63) is 0 Å². The lowest BCUT2D eigenvalue weighted by atomic mass is 10.1. The van der Waals surface area contributed by atoms with Crippen molar-refractivity contribution in [3.63, 3.8) is 0 Å². The normalized spacial score (nSPS) is 12.0. The molecule has 0 spiro atoms. The van der Waals surface area contributed by atoms with E-state index in [1.54, 1.807) is 0 Å². The molecule has 0 aromatic carbocycles. The van der Waals surface area contributed by atoms with E-state index in [4.69, 9.17) is 0 Å². The van der Waals surface area contributed by atoms with E-state index in [1.807, 2.05) is 0 Å². The van der Waals surface area contributed by atoms with Crippen LogP contribution in [0.1, 0.15) is 77.6 Å². The van der Waals surface area contributed by atoms with Crippen LogP contribution < -0.4 is 0 Å². The molecule has 0 amide bonds. The van der Waals surface area contributed by atoms with E-state index in [0.29, 0.717) is 0 Å². The molecule has 0 saturated heterocycles. The molecule has 0 aliphatic carbocycles. The molecule has 0 aliphatic heterocycles. The molecular formula is C19H42O3P+. The van der Waals surface area contributed by atoms with Crippen LogP contribution in [0.5, 0.6) is 0 Å². The van der Waals surface area contributed by atoms with Crippen molar-refractivity contribution < 1.29 is 15.3 Å². The Kier molecular flexibility index (Phi) is 17.4. The molecular weight excluding hydrogens is 307 g/mol. The summed E-state index contributed by atoms with van der Waals surface area (Å²) < 4.78 is 0. The predicted molar refractivity (Wildman–Crippen MR) is 104 cm³/mol. The third kappa shape index (κ3) is 13.3. The van der Waals surface area contributed by atoms with Crippen LogP contribution in [-0.4, -0.2) is 59.8 Å². The van der Waals surface area contributed by atoms with Crippen LogP contribution in [0.4, 0.5) is 0 Å². The first-order valence-corrected chi connectivity index (χ1v) is 12.5. The SMILES string of the molecule is CCCCCCCCCC[P+](CCCO)(CCCO)CCCO. The first-order chi connectivity index (χ1) is 11.2. The number of rotatable bonds is 18. The van der Waals surface area contributed by atoms with E-state index in [-0.39, 0.29) is 19.8 Å². The van der Waals surface area contributed by atoms with E-state index in [1.165, 1.54) is 57.5 Å². The zero-order valence-electron chi connectivity index (χ0n) is 15.5. The number of hydrogen-bond acceptors (Lipinski definition) is 3. The average Bonchev–Trinajstić information content (AvgIpc) is 2.58. The molecule has 0 heterocycles. The van der Waals surface area contributed by atoms with Gasteiger partial charge in [-0.3, -0.25) is 0 Å². The highest BCUT2D eigenvalue weighted by Crippen LogP contribution is 2.60. The first kappa shape index (κ1) is 23.3. The predicted octanol–water partition coefficient (Wildman–Crippen LogP) is 4.29. The monoisotopic (exact) mass is 349 g/mol. The van der Waals surface area contributed by atoms with Gasteiger partial charge in [0.15, 0.2) is 0 Å². The van der Waals surface area contributed by atoms with Crippen molar-refractivity contribution in [1.82, 2.24) is 0 Å². The second-order valence-corrected chi connectivity index (χ2v) is 11.4. The fourth-order valence-corrected chi connectivity index (χ4v) is 8.14. The van der Waals surface area contributed by atoms with Crippen molar-refractivity contribution in [2.24, 2.45) is 0 Å². The third-order valence-corrected chi connectivity index (χ3v) is 9.92. The van der Waals surface area contributed by atoms with Gasteiger partial charge in [-0.2, -0.15) is 0 Å². The summed E-state index contributed by atoms with van der Waals surface area (Å²) in [6.07, 6.45) is 18.2. The second kappa shape index (κ2) is 17.1. The zero-order valence-corrected chi connectivity index (χ0v) is 16.4. The van der Waals surface area contributed by atoms with Crippen molar-refractivity contribution in [2.45, 2.75) is 77.6 Å². The largest absolute Gasteiger partial charge is 0.396 e. The minimum absolute atomic E-state index is 0.275. The number of aliphatic hydroxyl groups is 3. The quantitative estimate of drug-likeness (QED) is 0.255. The van der Waals surface area contributed by atoms with Crippen LogP contribution in [0.3, 0.4) is 0 Å². The second-order valence-electron chi connectivity index (χ2n) is 6.94. The Hall–Kier alpha value is 0.310. The zero-order chi connectivity index (χ0) is 17.2. The molecule has 0 aromatic heterocycles. The van der Waals surface area contributed by atoms with Crippen molar-refractivity contribution >= 4 is 7.26 Å². The van der Waals surface area contributed by atoms with Gasteiger partial charge in [0, 0.05) is 46.3 Å². The maximum absolute atomic E-state index is 9.21. The van der Waals surface area contributed by atoms with Gasteiger partial charge in [0.25, 0.3) is 0 Å². The molecule has 0 unspecified atom stereocenters. The van der Waals surface area contributed by atoms with Crippen LogP contribution in [0.15, 0.2) is 0 Å². The highest BCUT2D eigenvalue weighted by atomic mass is 31.2. The summed E-state index contributed by atoms with van der Waals surface area (Å²) in [7, 11) is -1.09. The van der Waals surface area contributed by atoms with Crippen LogP contribution in [-0.2, 0) is 0 Å². The van der Waals surface area contributed by atoms with Crippen LogP contribution in [0.2, 0.25) is 0 Å². The fraction of sp³-hybridized carbons (Fsp3) is 1.00. The molecule has 0 aromatic rings. The van der Waals surface area contributed by atoms with Gasteiger partial charge < -0.3 is 15.3 Å². The van der Waals surface area contributed by atoms with E-state index in [2.05, 4.69) is 6.92 Å². The standard InChI is InChI=1S/C19H42O3P/c1-2-3-4-5-6-7-8-9-16-23(17-10-13-20,18-11-14-21)19-12-15-22/h20-22H,2-19H2,1H3/q+1. The Bertz CT molecular complexity index is 215. The minimum atomic E-state index is -1.09. The highest BCUT2D eigenvalue weighted by molar-refractivity contribution is 7.75. The summed E-state index contributed by atoms with van der Waals surface area (Å²) in [6, 6.07) is 0. The molecule has 0 bridgehead atoms. The van der Waals surface area contributed by atoms with Gasteiger partial charge in [0.1, 0.15) is 0 Å². The van der Waals surface area contributed by atoms with E-state index in [0.717, 1.165) is 37.7 Å². The van der Waals surface area contributed by atoms with Gasteiger partial charge in [-0.05, 0) is 12.8 Å². The van der Waals surface area contributed by atoms with Gasteiger partial charge in [-0.25, -0.2) is 0 Å². The summed E-state index contributed by atoms with van der Waals surface area (Å²) >= 11 is 0. The van der Waals surface area contributed by atoms with Gasteiger partial charge in [0.05, 0.1) is 24.6 Å². The summed E-state index contributed by atoms with van der Waals surface area (Å²) in [4.78, 5) is 0. The Morgan fingerprint density at radius 3 is 1.22 bits per heavy atom. The van der Waals surface area contributed by atoms with Gasteiger partial charge >= 0.3 is 0 Å². The molecule has 23 heavy (non-hydrogen) atoms. The first-order valence-electron chi connectivity index (χ1n) is 9.92. The summed E-state index contributed by atoms with van der Waals surface area (Å²) in [6.45, 7) is 3.08. The fourth-order valence-electron chi connectivity index (χ4n) is 3.47. The third-order valence-electron chi connectivity index (χ3n) is 4.86. The topological polar surface area (TPSA) is 60.7 Å². The van der Waals surface area contributed by atoms with Crippen LogP contribution in [0, 0.1) is 0 Å². The lowest BCUT2D eigenvalue weighted by Gasteiger charge is -2.27. The van der Waals surface area contributed by atoms with Gasteiger partial charge in [-0.15, -0.1) is 0 Å². The maximum Gasteiger partial charge on any atom is 0.0616 e. The van der Waals surface area contributed by atoms with Crippen molar-refractivity contribution in [1.29, 1.82) is 0 Å². The maximum atomic E-state index is 9.21. The van der Waals surface area contributed by atoms with E-state index < -0.39 is 7.26 Å². The van der Waals surface area contributed by atoms with Crippen LogP contribution in [0.25, 0.3) is 0 Å². The number of unbranched alkanes of at least 4 members (excludes halogenated alkanes) is 7. The lowest BCUT2D eigenvalue weighted by Crippen LogP contribution is -2.15. The molecule has 0 atom stereocenters. The molecule has 4 heteroatoms. The van der Waals surface area contributed by atoms with Crippen LogP contribution >= 0.6 is 7.26 Å². The molecule has 0 aliphatic rings. The minimum Gasteiger partial charge on any atom is -0.396 e. The summed E-state index contributed by atoms with van der Waals surface area (Å²) in [5.41, 5.74) is 0. The number of aliphatic hydroxyl groups excluding tert-OH is 3. The van der Waals surface area contributed by atoms with Gasteiger partial charge in [0.2, 0.25) is 0 Å². The molecule has 0 saturated carbocycles. The Morgan fingerprint density at radius 2 is 0.826 bits per heavy atom. The van der Waals surface area contributed by atoms with Crippen molar-refractivity contribution in [3.8, 4) is 0 Å². The molecule has 0 radical (unpaired) electrons. The lowest BCUT2D eigenvalue weighted by molar-refractivity contribution is 0.292. The Balaban J connectivity index is 4.14. The molecule has 3 nitrogen and oxygen atoms in total. The molecule has 3 N–H and O–H groups in total.